The number of hydrogen-bond donors (Lipinski definition) is 1. The van der Waals surface area contributed by atoms with Crippen LogP contribution in [0.25, 0.3) is 0 Å². The van der Waals surface area contributed by atoms with Gasteiger partial charge in [0.1, 0.15) is 11.7 Å². The third-order valence-corrected chi connectivity index (χ3v) is 6.31. The van der Waals surface area contributed by atoms with Crippen LogP contribution in [-0.4, -0.2) is 23.0 Å². The number of nitrogens with zero attached hydrogens (tertiary/aromatic N) is 2. The Labute approximate surface area is 198 Å². The van der Waals surface area contributed by atoms with E-state index in [9.17, 15) is 14.7 Å². The maximum absolute atomic E-state index is 13.6. The Balaban J connectivity index is 1.65. The number of amides is 2. The Morgan fingerprint density at radius 1 is 0.812 bits per heavy atom. The number of rotatable bonds is 3. The van der Waals surface area contributed by atoms with Gasteiger partial charge in [-0.2, -0.15) is 0 Å². The average molecular weight is 490 g/mol. The Morgan fingerprint density at radius 3 is 2.25 bits per heavy atom. The topological polar surface area (TPSA) is 70.1 Å². The summed E-state index contributed by atoms with van der Waals surface area (Å²) in [5.41, 5.74) is 1.24. The summed E-state index contributed by atoms with van der Waals surface area (Å²) in [6.07, 6.45) is -1.09. The lowest BCUT2D eigenvalue weighted by atomic mass is 9.90. The maximum atomic E-state index is 13.6. The first-order valence-corrected chi connectivity index (χ1v) is 10.8. The molecule has 0 aromatic heterocycles. The highest BCUT2D eigenvalue weighted by Gasteiger charge is 2.60. The van der Waals surface area contributed by atoms with Gasteiger partial charge in [0, 0.05) is 15.6 Å². The molecule has 3 atom stereocenters. The zero-order valence-corrected chi connectivity index (χ0v) is 18.6. The van der Waals surface area contributed by atoms with Gasteiger partial charge in [-0.3, -0.25) is 14.4 Å². The van der Waals surface area contributed by atoms with E-state index in [4.69, 9.17) is 39.6 Å². The molecule has 2 fully saturated rings. The first kappa shape index (κ1) is 21.1. The van der Waals surface area contributed by atoms with E-state index in [2.05, 4.69) is 0 Å². The second-order valence-corrected chi connectivity index (χ2v) is 8.76. The van der Waals surface area contributed by atoms with Crippen LogP contribution < -0.4 is 9.96 Å². The van der Waals surface area contributed by atoms with Crippen LogP contribution in [0, 0.1) is 5.92 Å². The van der Waals surface area contributed by atoms with Crippen molar-refractivity contribution in [1.29, 1.82) is 0 Å². The van der Waals surface area contributed by atoms with Gasteiger partial charge in [-0.05, 0) is 42.5 Å². The number of phenolic OH excluding ortho intramolecular Hbond substituents is 1. The summed E-state index contributed by atoms with van der Waals surface area (Å²) in [6.45, 7) is 0. The molecule has 3 aromatic carbocycles. The van der Waals surface area contributed by atoms with E-state index in [0.29, 0.717) is 16.4 Å². The molecule has 162 valence electrons. The molecule has 2 heterocycles. The van der Waals surface area contributed by atoms with Gasteiger partial charge >= 0.3 is 0 Å². The van der Waals surface area contributed by atoms with Crippen molar-refractivity contribution < 1.29 is 19.5 Å². The van der Waals surface area contributed by atoms with Crippen molar-refractivity contribution in [2.24, 2.45) is 5.92 Å². The van der Waals surface area contributed by atoms with Gasteiger partial charge in [0.05, 0.1) is 22.4 Å². The van der Waals surface area contributed by atoms with Crippen molar-refractivity contribution in [3.05, 3.63) is 87.4 Å². The fourth-order valence-corrected chi connectivity index (χ4v) is 4.90. The van der Waals surface area contributed by atoms with Crippen LogP contribution in [0.1, 0.15) is 11.6 Å². The molecular formula is C23H15Cl3N2O4. The van der Waals surface area contributed by atoms with Crippen molar-refractivity contribution in [2.75, 3.05) is 9.96 Å². The minimum Gasteiger partial charge on any atom is -0.506 e. The van der Waals surface area contributed by atoms with Crippen LogP contribution >= 0.6 is 34.8 Å². The highest BCUT2D eigenvalue weighted by atomic mass is 35.5. The van der Waals surface area contributed by atoms with Crippen molar-refractivity contribution in [1.82, 2.24) is 0 Å². The number of fused-ring (bicyclic) bond motifs is 1. The Morgan fingerprint density at radius 2 is 1.53 bits per heavy atom. The highest BCUT2D eigenvalue weighted by molar-refractivity contribution is 6.35. The zero-order chi connectivity index (χ0) is 22.6. The second kappa shape index (κ2) is 7.98. The smallest absolute Gasteiger partial charge is 0.266 e. The number of hydroxylamine groups is 1. The molecule has 2 saturated heterocycles. The van der Waals surface area contributed by atoms with Gasteiger partial charge in [0.15, 0.2) is 6.10 Å². The fourth-order valence-electron chi connectivity index (χ4n) is 4.21. The number of carbonyl (C=O) groups excluding carboxylic acids is 2. The molecule has 6 nitrogen and oxygen atoms in total. The SMILES string of the molecule is O=C1C2ON(c3ccccc3)C(c3cc(Cl)cc(Cl)c3O)C2C(=O)N1c1cccc(Cl)c1. The largest absolute Gasteiger partial charge is 0.506 e. The average Bonchev–Trinajstić information content (AvgIpc) is 3.27. The third kappa shape index (κ3) is 3.31. The van der Waals surface area contributed by atoms with Crippen LogP contribution in [-0.2, 0) is 14.4 Å². The normalized spacial score (nSPS) is 22.5. The molecule has 2 aliphatic rings. The fraction of sp³-hybridized carbons (Fsp3) is 0.130. The van der Waals surface area contributed by atoms with E-state index in [1.807, 2.05) is 6.07 Å². The van der Waals surface area contributed by atoms with Crippen molar-refractivity contribution in [3.8, 4) is 5.75 Å². The lowest BCUT2D eigenvalue weighted by Gasteiger charge is -2.29. The molecule has 32 heavy (non-hydrogen) atoms. The van der Waals surface area contributed by atoms with E-state index in [0.717, 1.165) is 4.90 Å². The number of anilines is 2. The minimum atomic E-state index is -1.09. The minimum absolute atomic E-state index is 0.0347. The number of phenols is 1. The Hall–Kier alpha value is -2.77. The molecule has 9 heteroatoms. The molecular weight excluding hydrogens is 475 g/mol. The van der Waals surface area contributed by atoms with Gasteiger partial charge in [-0.1, -0.05) is 59.1 Å². The summed E-state index contributed by atoms with van der Waals surface area (Å²) >= 11 is 18.5. The molecule has 1 N–H and O–H groups in total. The summed E-state index contributed by atoms with van der Waals surface area (Å²) in [4.78, 5) is 33.9. The highest BCUT2D eigenvalue weighted by Crippen LogP contribution is 2.51. The number of halogens is 3. The number of benzene rings is 3. The monoisotopic (exact) mass is 488 g/mol. The van der Waals surface area contributed by atoms with Gasteiger partial charge in [0.25, 0.3) is 5.91 Å². The van der Waals surface area contributed by atoms with Crippen LogP contribution in [0.4, 0.5) is 11.4 Å². The molecule has 0 spiro atoms. The van der Waals surface area contributed by atoms with Gasteiger partial charge in [-0.25, -0.2) is 9.96 Å². The molecule has 2 amide bonds. The molecule has 0 radical (unpaired) electrons. The van der Waals surface area contributed by atoms with E-state index < -0.39 is 29.9 Å². The van der Waals surface area contributed by atoms with Gasteiger partial charge < -0.3 is 5.11 Å². The van der Waals surface area contributed by atoms with E-state index in [-0.39, 0.29) is 21.4 Å². The van der Waals surface area contributed by atoms with E-state index in [1.165, 1.54) is 23.3 Å². The molecule has 3 unspecified atom stereocenters. The third-order valence-electron chi connectivity index (χ3n) is 5.57. The van der Waals surface area contributed by atoms with Crippen molar-refractivity contribution in [3.63, 3.8) is 0 Å². The molecule has 0 aliphatic carbocycles. The number of carbonyl (C=O) groups is 2. The summed E-state index contributed by atoms with van der Waals surface area (Å²) in [6, 6.07) is 17.5. The molecule has 3 aromatic rings. The van der Waals surface area contributed by atoms with Crippen LogP contribution in [0.3, 0.4) is 0 Å². The number of imide groups is 1. The molecule has 5 rings (SSSR count). The summed E-state index contributed by atoms with van der Waals surface area (Å²) < 4.78 is 0. The van der Waals surface area contributed by atoms with E-state index in [1.54, 1.807) is 42.5 Å². The standard InChI is InChI=1S/C23H15Cl3N2O4/c24-12-5-4-8-15(9-12)27-22(30)18-19(16-10-13(25)11-17(26)20(16)29)28(32-21(18)23(27)31)14-6-2-1-3-7-14/h1-11,18-19,21,29H. The number of para-hydroxylation sites is 1. The maximum Gasteiger partial charge on any atom is 0.266 e. The number of hydrogen-bond acceptors (Lipinski definition) is 5. The summed E-state index contributed by atoms with van der Waals surface area (Å²) in [7, 11) is 0. The van der Waals surface area contributed by atoms with Crippen LogP contribution in [0.5, 0.6) is 5.75 Å². The predicted octanol–water partition coefficient (Wildman–Crippen LogP) is 5.40. The first-order chi connectivity index (χ1) is 15.4. The van der Waals surface area contributed by atoms with Gasteiger partial charge in [0.2, 0.25) is 5.91 Å². The van der Waals surface area contributed by atoms with Crippen LogP contribution in [0.15, 0.2) is 66.7 Å². The van der Waals surface area contributed by atoms with E-state index >= 15 is 0 Å². The summed E-state index contributed by atoms with van der Waals surface area (Å²) in [5, 5.41) is 12.9. The van der Waals surface area contributed by atoms with Gasteiger partial charge in [-0.15, -0.1) is 0 Å². The quantitative estimate of drug-likeness (QED) is 0.499. The lowest BCUT2D eigenvalue weighted by molar-refractivity contribution is -0.126. The Bertz CT molecular complexity index is 1240. The molecule has 0 bridgehead atoms. The van der Waals surface area contributed by atoms with Crippen molar-refractivity contribution >= 4 is 58.0 Å². The summed E-state index contributed by atoms with van der Waals surface area (Å²) in [5.74, 6) is -2.16. The molecule has 0 saturated carbocycles. The van der Waals surface area contributed by atoms with Crippen LogP contribution in [0.2, 0.25) is 15.1 Å². The first-order valence-electron chi connectivity index (χ1n) is 9.69. The second-order valence-electron chi connectivity index (χ2n) is 7.48. The Kier molecular flexibility index (Phi) is 5.26. The number of aromatic hydroxyl groups is 1. The van der Waals surface area contributed by atoms with Crippen molar-refractivity contribution in [2.45, 2.75) is 12.1 Å². The zero-order valence-electron chi connectivity index (χ0n) is 16.3. The molecule has 2 aliphatic heterocycles. The predicted molar refractivity (Wildman–Crippen MR) is 122 cm³/mol. The lowest BCUT2D eigenvalue weighted by Crippen LogP contribution is -2.37.